The highest BCUT2D eigenvalue weighted by atomic mass is 19.2. The van der Waals surface area contributed by atoms with Gasteiger partial charge in [-0.1, -0.05) is 19.3 Å². The minimum atomic E-state index is -1.51. The van der Waals surface area contributed by atoms with Gasteiger partial charge < -0.3 is 20.6 Å². The van der Waals surface area contributed by atoms with Crippen LogP contribution < -0.4 is 5.32 Å². The van der Waals surface area contributed by atoms with Crippen molar-refractivity contribution in [1.82, 2.24) is 5.32 Å². The van der Waals surface area contributed by atoms with Gasteiger partial charge in [0.25, 0.3) is 5.91 Å². The van der Waals surface area contributed by atoms with Crippen molar-refractivity contribution in [3.05, 3.63) is 29.3 Å². The SMILES string of the molecule is O=C(NC(CO)C(O)C1CCCCC1)c1ccc(O)c(F)c1F. The first-order chi connectivity index (χ1) is 11.0. The topological polar surface area (TPSA) is 89.8 Å². The number of rotatable bonds is 5. The van der Waals surface area contributed by atoms with E-state index in [4.69, 9.17) is 5.11 Å². The molecule has 128 valence electrons. The van der Waals surface area contributed by atoms with E-state index < -0.39 is 47.6 Å². The van der Waals surface area contributed by atoms with E-state index in [1.807, 2.05) is 0 Å². The number of aliphatic hydroxyl groups is 2. The van der Waals surface area contributed by atoms with Gasteiger partial charge in [0.1, 0.15) is 0 Å². The zero-order valence-corrected chi connectivity index (χ0v) is 12.6. The Morgan fingerprint density at radius 3 is 2.48 bits per heavy atom. The number of carbonyl (C=O) groups excluding carboxylic acids is 1. The van der Waals surface area contributed by atoms with Crippen molar-refractivity contribution < 1.29 is 28.9 Å². The van der Waals surface area contributed by atoms with E-state index in [2.05, 4.69) is 5.32 Å². The van der Waals surface area contributed by atoms with Gasteiger partial charge in [0.05, 0.1) is 24.3 Å². The molecule has 4 N–H and O–H groups in total. The van der Waals surface area contributed by atoms with Crippen LogP contribution in [0, 0.1) is 17.6 Å². The fraction of sp³-hybridized carbons (Fsp3) is 0.562. The lowest BCUT2D eigenvalue weighted by Gasteiger charge is -2.31. The Kier molecular flexibility index (Phi) is 5.90. The van der Waals surface area contributed by atoms with E-state index in [-0.39, 0.29) is 5.92 Å². The zero-order chi connectivity index (χ0) is 17.0. The molecule has 1 amide bonds. The van der Waals surface area contributed by atoms with Crippen molar-refractivity contribution in [3.8, 4) is 5.75 Å². The maximum Gasteiger partial charge on any atom is 0.254 e. The summed E-state index contributed by atoms with van der Waals surface area (Å²) in [6.07, 6.45) is 3.70. The quantitative estimate of drug-likeness (QED) is 0.662. The molecule has 2 unspecified atom stereocenters. The summed E-state index contributed by atoms with van der Waals surface area (Å²) in [5.74, 6) is -4.85. The van der Waals surface area contributed by atoms with Crippen molar-refractivity contribution in [2.24, 2.45) is 5.92 Å². The highest BCUT2D eigenvalue weighted by Gasteiger charge is 2.30. The molecule has 0 aliphatic heterocycles. The van der Waals surface area contributed by atoms with Crippen LogP contribution in [0.1, 0.15) is 42.5 Å². The molecule has 1 aliphatic rings. The number of hydrogen-bond acceptors (Lipinski definition) is 4. The number of halogens is 2. The Hall–Kier alpha value is -1.73. The summed E-state index contributed by atoms with van der Waals surface area (Å²) in [6, 6.07) is 0.866. The third-order valence-electron chi connectivity index (χ3n) is 4.36. The molecule has 1 aliphatic carbocycles. The van der Waals surface area contributed by atoms with Crippen LogP contribution in [0.2, 0.25) is 0 Å². The molecule has 0 aromatic heterocycles. The number of phenols is 1. The summed E-state index contributed by atoms with van der Waals surface area (Å²) in [5, 5.41) is 31.1. The van der Waals surface area contributed by atoms with Gasteiger partial charge in [-0.3, -0.25) is 4.79 Å². The van der Waals surface area contributed by atoms with E-state index in [0.717, 1.165) is 44.2 Å². The Labute approximate surface area is 133 Å². The van der Waals surface area contributed by atoms with Crippen LogP contribution >= 0.6 is 0 Å². The van der Waals surface area contributed by atoms with Gasteiger partial charge in [-0.15, -0.1) is 0 Å². The fourth-order valence-electron chi connectivity index (χ4n) is 3.00. The third kappa shape index (κ3) is 3.97. The van der Waals surface area contributed by atoms with E-state index >= 15 is 0 Å². The predicted octanol–water partition coefficient (Wildman–Crippen LogP) is 1.70. The fourth-order valence-corrected chi connectivity index (χ4v) is 3.00. The predicted molar refractivity (Wildman–Crippen MR) is 78.9 cm³/mol. The molecular weight excluding hydrogens is 308 g/mol. The number of phenolic OH excluding ortho intramolecular Hbond substituents is 1. The molecule has 23 heavy (non-hydrogen) atoms. The summed E-state index contributed by atoms with van der Waals surface area (Å²) in [6.45, 7) is -0.508. The van der Waals surface area contributed by atoms with Gasteiger partial charge in [-0.05, 0) is 30.9 Å². The molecule has 0 bridgehead atoms. The molecule has 2 rings (SSSR count). The Morgan fingerprint density at radius 2 is 1.87 bits per heavy atom. The first-order valence-electron chi connectivity index (χ1n) is 7.72. The van der Waals surface area contributed by atoms with Crippen LogP contribution in [0.4, 0.5) is 8.78 Å². The Morgan fingerprint density at radius 1 is 1.22 bits per heavy atom. The van der Waals surface area contributed by atoms with E-state index in [1.165, 1.54) is 0 Å². The van der Waals surface area contributed by atoms with Crippen LogP contribution in [0.15, 0.2) is 12.1 Å². The number of carbonyl (C=O) groups is 1. The Bertz CT molecular complexity index is 561. The van der Waals surface area contributed by atoms with Gasteiger partial charge in [-0.25, -0.2) is 4.39 Å². The van der Waals surface area contributed by atoms with Crippen LogP contribution in [-0.4, -0.2) is 40.0 Å². The monoisotopic (exact) mass is 329 g/mol. The number of amides is 1. The first kappa shape index (κ1) is 17.6. The molecule has 1 fully saturated rings. The highest BCUT2D eigenvalue weighted by molar-refractivity contribution is 5.94. The van der Waals surface area contributed by atoms with Crippen LogP contribution in [0.3, 0.4) is 0 Å². The smallest absolute Gasteiger partial charge is 0.254 e. The molecule has 0 spiro atoms. The molecule has 1 saturated carbocycles. The van der Waals surface area contributed by atoms with Gasteiger partial charge in [0.2, 0.25) is 5.82 Å². The van der Waals surface area contributed by atoms with E-state index in [0.29, 0.717) is 0 Å². The molecule has 1 aromatic carbocycles. The zero-order valence-electron chi connectivity index (χ0n) is 12.6. The molecule has 5 nitrogen and oxygen atoms in total. The van der Waals surface area contributed by atoms with Crippen molar-refractivity contribution in [2.45, 2.75) is 44.2 Å². The standard InChI is InChI=1S/C16H21F2NO4/c17-13-10(6-7-12(21)14(13)18)16(23)19-11(8-20)15(22)9-4-2-1-3-5-9/h6-7,9,11,15,20-22H,1-5,8H2,(H,19,23). The molecule has 0 radical (unpaired) electrons. The van der Waals surface area contributed by atoms with Gasteiger partial charge in [0, 0.05) is 0 Å². The summed E-state index contributed by atoms with van der Waals surface area (Å²) in [7, 11) is 0. The lowest BCUT2D eigenvalue weighted by Crippen LogP contribution is -2.49. The second-order valence-corrected chi connectivity index (χ2v) is 5.91. The number of aromatic hydroxyl groups is 1. The molecule has 7 heteroatoms. The van der Waals surface area contributed by atoms with Crippen molar-refractivity contribution in [2.75, 3.05) is 6.61 Å². The van der Waals surface area contributed by atoms with Crippen LogP contribution in [0.25, 0.3) is 0 Å². The normalized spacial score (nSPS) is 18.4. The second-order valence-electron chi connectivity index (χ2n) is 5.91. The first-order valence-corrected chi connectivity index (χ1v) is 7.72. The largest absolute Gasteiger partial charge is 0.505 e. The third-order valence-corrected chi connectivity index (χ3v) is 4.36. The van der Waals surface area contributed by atoms with Crippen LogP contribution in [0.5, 0.6) is 5.75 Å². The Balaban J connectivity index is 2.09. The van der Waals surface area contributed by atoms with Gasteiger partial charge in [0.15, 0.2) is 11.6 Å². The average molecular weight is 329 g/mol. The van der Waals surface area contributed by atoms with Crippen molar-refractivity contribution in [1.29, 1.82) is 0 Å². The highest BCUT2D eigenvalue weighted by Crippen LogP contribution is 2.28. The average Bonchev–Trinajstić information content (AvgIpc) is 2.57. The maximum atomic E-state index is 13.7. The molecular formula is C16H21F2NO4. The lowest BCUT2D eigenvalue weighted by molar-refractivity contribution is 0.0277. The van der Waals surface area contributed by atoms with Crippen molar-refractivity contribution >= 4 is 5.91 Å². The maximum absolute atomic E-state index is 13.7. The van der Waals surface area contributed by atoms with Gasteiger partial charge in [-0.2, -0.15) is 4.39 Å². The number of hydrogen-bond donors (Lipinski definition) is 4. The number of benzene rings is 1. The summed E-state index contributed by atoms with van der Waals surface area (Å²) < 4.78 is 27.0. The minimum Gasteiger partial charge on any atom is -0.505 e. The van der Waals surface area contributed by atoms with E-state index in [1.54, 1.807) is 0 Å². The molecule has 0 heterocycles. The van der Waals surface area contributed by atoms with Gasteiger partial charge >= 0.3 is 0 Å². The molecule has 1 aromatic rings. The summed E-state index contributed by atoms with van der Waals surface area (Å²) >= 11 is 0. The minimum absolute atomic E-state index is 0.0393. The number of aliphatic hydroxyl groups excluding tert-OH is 2. The molecule has 0 saturated heterocycles. The molecule has 2 atom stereocenters. The van der Waals surface area contributed by atoms with E-state index in [9.17, 15) is 23.8 Å². The second kappa shape index (κ2) is 7.70. The summed E-state index contributed by atoms with van der Waals surface area (Å²) in [5.41, 5.74) is -0.588. The number of nitrogens with one attached hydrogen (secondary N) is 1. The lowest BCUT2D eigenvalue weighted by atomic mass is 9.82. The van der Waals surface area contributed by atoms with Crippen molar-refractivity contribution in [3.63, 3.8) is 0 Å². The van der Waals surface area contributed by atoms with Crippen LogP contribution in [-0.2, 0) is 0 Å². The summed E-state index contributed by atoms with van der Waals surface area (Å²) in [4.78, 5) is 12.1.